The van der Waals surface area contributed by atoms with Gasteiger partial charge in [0.15, 0.2) is 5.82 Å². The molecule has 0 saturated carbocycles. The van der Waals surface area contributed by atoms with Gasteiger partial charge in [-0.3, -0.25) is 4.79 Å². The summed E-state index contributed by atoms with van der Waals surface area (Å²) in [6.07, 6.45) is 0. The van der Waals surface area contributed by atoms with Gasteiger partial charge < -0.3 is 15.5 Å². The van der Waals surface area contributed by atoms with Crippen molar-refractivity contribution in [3.05, 3.63) is 42.1 Å². The Kier molecular flexibility index (Phi) is 6.09. The molecule has 0 radical (unpaired) electrons. The fourth-order valence-corrected chi connectivity index (χ4v) is 2.18. The van der Waals surface area contributed by atoms with Crippen LogP contribution in [0.15, 0.2) is 36.4 Å². The van der Waals surface area contributed by atoms with Crippen LogP contribution in [0.1, 0.15) is 31.3 Å². The molecule has 0 saturated heterocycles. The summed E-state index contributed by atoms with van der Waals surface area (Å²) in [5, 5.41) is 6.22. The van der Waals surface area contributed by atoms with E-state index in [2.05, 4.69) is 25.5 Å². The average molecular weight is 341 g/mol. The average Bonchev–Trinajstić information content (AvgIpc) is 2.53. The molecule has 0 aliphatic carbocycles. The summed E-state index contributed by atoms with van der Waals surface area (Å²) in [7, 11) is 4.03. The highest BCUT2D eigenvalue weighted by molar-refractivity contribution is 5.93. The summed E-state index contributed by atoms with van der Waals surface area (Å²) in [5.74, 6) is 0.979. The Morgan fingerprint density at radius 3 is 2.40 bits per heavy atom. The first-order valence-electron chi connectivity index (χ1n) is 8.40. The molecule has 2 aromatic rings. The zero-order valence-corrected chi connectivity index (χ0v) is 15.6. The van der Waals surface area contributed by atoms with E-state index in [1.54, 1.807) is 6.07 Å². The number of rotatable bonds is 6. The maximum atomic E-state index is 12.5. The maximum absolute atomic E-state index is 12.5. The molecule has 0 aliphatic heterocycles. The first-order valence-corrected chi connectivity index (χ1v) is 8.40. The molecule has 1 aromatic heterocycles. The Morgan fingerprint density at radius 1 is 1.12 bits per heavy atom. The SMILES string of the molecule is CN(C)CCNc1cc(C(=O)NC(C)(C)C)nc(-c2ccccc2)n1. The Balaban J connectivity index is 2.32. The van der Waals surface area contributed by atoms with E-state index in [0.717, 1.165) is 18.7 Å². The minimum absolute atomic E-state index is 0.206. The van der Waals surface area contributed by atoms with Gasteiger partial charge in [-0.1, -0.05) is 30.3 Å². The lowest BCUT2D eigenvalue weighted by atomic mass is 10.1. The number of amides is 1. The van der Waals surface area contributed by atoms with E-state index >= 15 is 0 Å². The molecule has 1 heterocycles. The molecule has 6 heteroatoms. The Morgan fingerprint density at radius 2 is 1.80 bits per heavy atom. The van der Waals surface area contributed by atoms with E-state index in [1.165, 1.54) is 0 Å². The molecule has 6 nitrogen and oxygen atoms in total. The summed E-state index contributed by atoms with van der Waals surface area (Å²) in [6.45, 7) is 7.44. The van der Waals surface area contributed by atoms with Crippen LogP contribution in [0, 0.1) is 0 Å². The lowest BCUT2D eigenvalue weighted by Crippen LogP contribution is -2.41. The fourth-order valence-electron chi connectivity index (χ4n) is 2.18. The monoisotopic (exact) mass is 341 g/mol. The molecule has 2 N–H and O–H groups in total. The molecular weight excluding hydrogens is 314 g/mol. The molecule has 0 aliphatic rings. The van der Waals surface area contributed by atoms with E-state index in [0.29, 0.717) is 17.3 Å². The molecule has 0 fully saturated rings. The number of benzene rings is 1. The van der Waals surface area contributed by atoms with Gasteiger partial charge in [0.25, 0.3) is 5.91 Å². The van der Waals surface area contributed by atoms with Crippen molar-refractivity contribution in [3.8, 4) is 11.4 Å². The number of nitrogens with zero attached hydrogens (tertiary/aromatic N) is 3. The molecule has 25 heavy (non-hydrogen) atoms. The molecular formula is C19H27N5O. The maximum Gasteiger partial charge on any atom is 0.270 e. The van der Waals surface area contributed by atoms with Gasteiger partial charge >= 0.3 is 0 Å². The summed E-state index contributed by atoms with van der Waals surface area (Å²) >= 11 is 0. The van der Waals surface area contributed by atoms with E-state index in [9.17, 15) is 4.79 Å². The van der Waals surface area contributed by atoms with Gasteiger partial charge in [-0.25, -0.2) is 9.97 Å². The Labute approximate surface area is 149 Å². The largest absolute Gasteiger partial charge is 0.369 e. The second kappa shape index (κ2) is 8.07. The molecule has 134 valence electrons. The van der Waals surface area contributed by atoms with Crippen molar-refractivity contribution in [1.82, 2.24) is 20.2 Å². The number of aromatic nitrogens is 2. The first-order chi connectivity index (χ1) is 11.7. The third-order valence-corrected chi connectivity index (χ3v) is 3.34. The van der Waals surface area contributed by atoms with Gasteiger partial charge in [0.2, 0.25) is 0 Å². The second-order valence-corrected chi connectivity index (χ2v) is 7.26. The van der Waals surface area contributed by atoms with E-state index in [1.807, 2.05) is 65.2 Å². The minimum atomic E-state index is -0.326. The van der Waals surface area contributed by atoms with Crippen molar-refractivity contribution < 1.29 is 4.79 Å². The van der Waals surface area contributed by atoms with Gasteiger partial charge in [-0.2, -0.15) is 0 Å². The van der Waals surface area contributed by atoms with Crippen molar-refractivity contribution in [2.45, 2.75) is 26.3 Å². The molecule has 2 rings (SSSR count). The first kappa shape index (κ1) is 18.9. The molecule has 0 spiro atoms. The van der Waals surface area contributed by atoms with E-state index < -0.39 is 0 Å². The Hall–Kier alpha value is -2.47. The summed E-state index contributed by atoms with van der Waals surface area (Å²) < 4.78 is 0. The highest BCUT2D eigenvalue weighted by Crippen LogP contribution is 2.18. The van der Waals surface area contributed by atoms with Gasteiger partial charge in [0.05, 0.1) is 0 Å². The lowest BCUT2D eigenvalue weighted by molar-refractivity contribution is 0.0914. The zero-order valence-electron chi connectivity index (χ0n) is 15.6. The number of hydrogen-bond acceptors (Lipinski definition) is 5. The smallest absolute Gasteiger partial charge is 0.270 e. The number of nitrogens with one attached hydrogen (secondary N) is 2. The van der Waals surface area contributed by atoms with Crippen LogP contribution in [0.2, 0.25) is 0 Å². The lowest BCUT2D eigenvalue weighted by Gasteiger charge is -2.20. The predicted molar refractivity (Wildman–Crippen MR) is 102 cm³/mol. The summed E-state index contributed by atoms with van der Waals surface area (Å²) in [6, 6.07) is 11.4. The highest BCUT2D eigenvalue weighted by Gasteiger charge is 2.18. The van der Waals surface area contributed by atoms with Gasteiger partial charge in [0.1, 0.15) is 11.5 Å². The highest BCUT2D eigenvalue weighted by atomic mass is 16.2. The summed E-state index contributed by atoms with van der Waals surface area (Å²) in [4.78, 5) is 23.6. The quantitative estimate of drug-likeness (QED) is 0.845. The van der Waals surface area contributed by atoms with Crippen molar-refractivity contribution >= 4 is 11.7 Å². The number of anilines is 1. The van der Waals surface area contributed by atoms with Crippen molar-refractivity contribution in [2.24, 2.45) is 0 Å². The van der Waals surface area contributed by atoms with Crippen LogP contribution < -0.4 is 10.6 Å². The predicted octanol–water partition coefficient (Wildman–Crippen LogP) is 2.65. The molecule has 1 aromatic carbocycles. The third kappa shape index (κ3) is 6.15. The number of carbonyl (C=O) groups is 1. The number of hydrogen-bond donors (Lipinski definition) is 2. The normalized spacial score (nSPS) is 11.4. The van der Waals surface area contributed by atoms with Gasteiger partial charge in [-0.05, 0) is 34.9 Å². The van der Waals surface area contributed by atoms with Crippen LogP contribution >= 0.6 is 0 Å². The standard InChI is InChI=1S/C19H27N5O/c1-19(2,3)23-18(25)15-13-16(20-11-12-24(4)5)22-17(21-15)14-9-7-6-8-10-14/h6-10,13H,11-12H2,1-5H3,(H,23,25)(H,20,21,22). The summed E-state index contributed by atoms with van der Waals surface area (Å²) in [5.41, 5.74) is 0.910. The van der Waals surface area contributed by atoms with Crippen LogP contribution in [0.3, 0.4) is 0 Å². The van der Waals surface area contributed by atoms with Crippen molar-refractivity contribution in [2.75, 3.05) is 32.5 Å². The molecule has 0 unspecified atom stereocenters. The second-order valence-electron chi connectivity index (χ2n) is 7.26. The van der Waals surface area contributed by atoms with Gasteiger partial charge in [0, 0.05) is 30.3 Å². The third-order valence-electron chi connectivity index (χ3n) is 3.34. The Bertz CT molecular complexity index is 707. The van der Waals surface area contributed by atoms with Crippen molar-refractivity contribution in [1.29, 1.82) is 0 Å². The minimum Gasteiger partial charge on any atom is -0.369 e. The number of likely N-dealkylation sites (N-methyl/N-ethyl adjacent to an activating group) is 1. The van der Waals surface area contributed by atoms with Crippen LogP contribution in [0.25, 0.3) is 11.4 Å². The van der Waals surface area contributed by atoms with Gasteiger partial charge in [-0.15, -0.1) is 0 Å². The molecule has 0 atom stereocenters. The zero-order chi connectivity index (χ0) is 18.4. The van der Waals surface area contributed by atoms with Crippen LogP contribution in [-0.2, 0) is 0 Å². The van der Waals surface area contributed by atoms with Crippen LogP contribution in [0.4, 0.5) is 5.82 Å². The van der Waals surface area contributed by atoms with Crippen molar-refractivity contribution in [3.63, 3.8) is 0 Å². The molecule has 1 amide bonds. The van der Waals surface area contributed by atoms with E-state index in [-0.39, 0.29) is 11.4 Å². The molecule has 0 bridgehead atoms. The number of carbonyl (C=O) groups excluding carboxylic acids is 1. The van der Waals surface area contributed by atoms with E-state index in [4.69, 9.17) is 0 Å². The van der Waals surface area contributed by atoms with Crippen LogP contribution in [-0.4, -0.2) is 53.5 Å². The van der Waals surface area contributed by atoms with Crippen LogP contribution in [0.5, 0.6) is 0 Å². The topological polar surface area (TPSA) is 70.2 Å². The fraction of sp³-hybridized carbons (Fsp3) is 0.421.